The first-order valence-corrected chi connectivity index (χ1v) is 8.06. The zero-order chi connectivity index (χ0) is 14.7. The van der Waals surface area contributed by atoms with E-state index in [-0.39, 0.29) is 24.0 Å². The number of hydrogen-bond acceptors (Lipinski definition) is 2. The molecule has 1 saturated carbocycles. The maximum absolute atomic E-state index is 10.4. The number of aryl methyl sites for hydroxylation is 2. The fourth-order valence-corrected chi connectivity index (χ4v) is 3.44. The maximum atomic E-state index is 10.4. The van der Waals surface area contributed by atoms with Crippen LogP contribution in [0, 0.1) is 0 Å². The lowest BCUT2D eigenvalue weighted by atomic mass is 9.85. The molecule has 2 aliphatic rings. The summed E-state index contributed by atoms with van der Waals surface area (Å²) in [6, 6.07) is 6.40. The van der Waals surface area contributed by atoms with Crippen LogP contribution in [-0.2, 0) is 12.8 Å². The van der Waals surface area contributed by atoms with Crippen LogP contribution in [0.3, 0.4) is 0 Å². The van der Waals surface area contributed by atoms with Gasteiger partial charge >= 0.3 is 0 Å². The van der Waals surface area contributed by atoms with Crippen molar-refractivity contribution in [3.8, 4) is 0 Å². The molecular formula is C17H26IN3O. The summed E-state index contributed by atoms with van der Waals surface area (Å²) < 4.78 is 0. The van der Waals surface area contributed by atoms with Crippen molar-refractivity contribution in [3.05, 3.63) is 29.3 Å². The standard InChI is InChI=1S/C17H25N3O.HI/c18-16(19-12-17(21)9-2-1-3-10-17)20-15-8-7-13-5-4-6-14(13)11-15;/h7-8,11,21H,1-6,9-10,12H2,(H3,18,19,20);1H. The van der Waals surface area contributed by atoms with Crippen LogP contribution in [-0.4, -0.2) is 23.2 Å². The van der Waals surface area contributed by atoms with Crippen molar-refractivity contribution in [3.63, 3.8) is 0 Å². The Bertz CT molecular complexity index is 539. The van der Waals surface area contributed by atoms with E-state index in [1.165, 1.54) is 30.4 Å². The highest BCUT2D eigenvalue weighted by Crippen LogP contribution is 2.28. The Morgan fingerprint density at radius 2 is 1.86 bits per heavy atom. The van der Waals surface area contributed by atoms with Crippen molar-refractivity contribution in [2.75, 3.05) is 11.9 Å². The second-order valence-corrected chi connectivity index (χ2v) is 6.45. The third-order valence-corrected chi connectivity index (χ3v) is 4.70. The Kier molecular flexibility index (Phi) is 6.09. The van der Waals surface area contributed by atoms with Gasteiger partial charge in [0.1, 0.15) is 0 Å². The number of fused-ring (bicyclic) bond motifs is 1. The summed E-state index contributed by atoms with van der Waals surface area (Å²) in [4.78, 5) is 4.34. The molecule has 0 aliphatic heterocycles. The van der Waals surface area contributed by atoms with Crippen LogP contribution in [0.15, 0.2) is 23.2 Å². The Morgan fingerprint density at radius 1 is 1.14 bits per heavy atom. The van der Waals surface area contributed by atoms with Gasteiger partial charge in [-0.1, -0.05) is 25.3 Å². The Hall–Kier alpha value is -0.820. The number of guanidine groups is 1. The van der Waals surface area contributed by atoms with Crippen LogP contribution in [0.1, 0.15) is 49.7 Å². The molecule has 1 fully saturated rings. The fraction of sp³-hybridized carbons (Fsp3) is 0.588. The third kappa shape index (κ3) is 4.35. The van der Waals surface area contributed by atoms with Crippen molar-refractivity contribution in [1.29, 1.82) is 0 Å². The lowest BCUT2D eigenvalue weighted by molar-refractivity contribution is 0.0132. The van der Waals surface area contributed by atoms with E-state index < -0.39 is 5.60 Å². The number of benzene rings is 1. The summed E-state index contributed by atoms with van der Waals surface area (Å²) in [5, 5.41) is 13.6. The van der Waals surface area contributed by atoms with Gasteiger partial charge in [-0.25, -0.2) is 0 Å². The molecule has 2 aliphatic carbocycles. The molecule has 0 spiro atoms. The summed E-state index contributed by atoms with van der Waals surface area (Å²) >= 11 is 0. The Balaban J connectivity index is 0.00000176. The maximum Gasteiger partial charge on any atom is 0.193 e. The van der Waals surface area contributed by atoms with Crippen molar-refractivity contribution < 1.29 is 5.11 Å². The van der Waals surface area contributed by atoms with E-state index in [2.05, 4.69) is 28.5 Å². The van der Waals surface area contributed by atoms with Gasteiger partial charge in [-0.05, 0) is 55.4 Å². The average Bonchev–Trinajstić information content (AvgIpc) is 2.94. The zero-order valence-electron chi connectivity index (χ0n) is 13.0. The van der Waals surface area contributed by atoms with E-state index in [9.17, 15) is 5.11 Å². The highest BCUT2D eigenvalue weighted by molar-refractivity contribution is 14.0. The van der Waals surface area contributed by atoms with Crippen LogP contribution in [0.4, 0.5) is 5.69 Å². The Morgan fingerprint density at radius 3 is 2.64 bits per heavy atom. The number of aliphatic hydroxyl groups is 1. The molecule has 4 N–H and O–H groups in total. The highest BCUT2D eigenvalue weighted by atomic mass is 127. The van der Waals surface area contributed by atoms with E-state index in [4.69, 9.17) is 5.73 Å². The largest absolute Gasteiger partial charge is 0.388 e. The van der Waals surface area contributed by atoms with Crippen LogP contribution in [0.25, 0.3) is 0 Å². The fourth-order valence-electron chi connectivity index (χ4n) is 3.44. The van der Waals surface area contributed by atoms with Crippen molar-refractivity contribution in [2.45, 2.75) is 57.0 Å². The first kappa shape index (κ1) is 17.5. The van der Waals surface area contributed by atoms with Crippen molar-refractivity contribution in [1.82, 2.24) is 0 Å². The number of aliphatic imine (C=N–C) groups is 1. The highest BCUT2D eigenvalue weighted by Gasteiger charge is 2.28. The molecule has 0 aromatic heterocycles. The monoisotopic (exact) mass is 415 g/mol. The molecule has 3 rings (SSSR count). The van der Waals surface area contributed by atoms with Crippen LogP contribution < -0.4 is 11.1 Å². The predicted molar refractivity (Wildman–Crippen MR) is 102 cm³/mol. The second kappa shape index (κ2) is 7.64. The quantitative estimate of drug-likeness (QED) is 0.404. The minimum atomic E-state index is -0.650. The topological polar surface area (TPSA) is 70.6 Å². The molecule has 0 heterocycles. The number of nitrogens with two attached hydrogens (primary N) is 1. The number of halogens is 1. The van der Waals surface area contributed by atoms with Gasteiger partial charge in [0.15, 0.2) is 5.96 Å². The number of rotatable bonds is 3. The molecule has 0 saturated heterocycles. The molecule has 22 heavy (non-hydrogen) atoms. The lowest BCUT2D eigenvalue weighted by Gasteiger charge is -2.30. The average molecular weight is 415 g/mol. The second-order valence-electron chi connectivity index (χ2n) is 6.45. The van der Waals surface area contributed by atoms with Crippen molar-refractivity contribution >= 4 is 35.6 Å². The summed E-state index contributed by atoms with van der Waals surface area (Å²) in [5.74, 6) is 0.395. The Labute approximate surface area is 149 Å². The summed E-state index contributed by atoms with van der Waals surface area (Å²) in [6.07, 6.45) is 8.65. The van der Waals surface area contributed by atoms with Gasteiger partial charge in [0.05, 0.1) is 12.1 Å². The molecule has 0 amide bonds. The molecule has 5 heteroatoms. The van der Waals surface area contributed by atoms with E-state index in [0.717, 1.165) is 37.8 Å². The molecule has 122 valence electrons. The predicted octanol–water partition coefficient (Wildman–Crippen LogP) is 3.22. The van der Waals surface area contributed by atoms with E-state index in [0.29, 0.717) is 12.5 Å². The minimum Gasteiger partial charge on any atom is -0.388 e. The molecule has 0 atom stereocenters. The summed E-state index contributed by atoms with van der Waals surface area (Å²) in [7, 11) is 0. The molecule has 1 aromatic rings. The number of hydrogen-bond donors (Lipinski definition) is 3. The van der Waals surface area contributed by atoms with Gasteiger partial charge in [0.2, 0.25) is 0 Å². The van der Waals surface area contributed by atoms with Gasteiger partial charge in [0, 0.05) is 5.69 Å². The molecule has 0 bridgehead atoms. The molecular weight excluding hydrogens is 389 g/mol. The smallest absolute Gasteiger partial charge is 0.193 e. The van der Waals surface area contributed by atoms with E-state index in [1.807, 2.05) is 0 Å². The SMILES string of the molecule is I.NC(=NCC1(O)CCCCC1)Nc1ccc2c(c1)CCC2. The van der Waals surface area contributed by atoms with Gasteiger partial charge in [0.25, 0.3) is 0 Å². The molecule has 1 aromatic carbocycles. The van der Waals surface area contributed by atoms with Gasteiger partial charge in [-0.3, -0.25) is 4.99 Å². The van der Waals surface area contributed by atoms with Crippen LogP contribution in [0.2, 0.25) is 0 Å². The van der Waals surface area contributed by atoms with E-state index in [1.54, 1.807) is 0 Å². The summed E-state index contributed by atoms with van der Waals surface area (Å²) in [6.45, 7) is 0.400. The van der Waals surface area contributed by atoms with Crippen LogP contribution >= 0.6 is 24.0 Å². The normalized spacial score (nSPS) is 20.1. The van der Waals surface area contributed by atoms with Crippen molar-refractivity contribution in [2.24, 2.45) is 10.7 Å². The minimum absolute atomic E-state index is 0. The van der Waals surface area contributed by atoms with Crippen LogP contribution in [0.5, 0.6) is 0 Å². The molecule has 0 radical (unpaired) electrons. The van der Waals surface area contributed by atoms with Gasteiger partial charge < -0.3 is 16.2 Å². The first-order chi connectivity index (χ1) is 10.1. The molecule has 4 nitrogen and oxygen atoms in total. The number of anilines is 1. The zero-order valence-corrected chi connectivity index (χ0v) is 15.3. The lowest BCUT2D eigenvalue weighted by Crippen LogP contribution is -2.36. The summed E-state index contributed by atoms with van der Waals surface area (Å²) in [5.41, 5.74) is 9.16. The molecule has 0 unspecified atom stereocenters. The van der Waals surface area contributed by atoms with Gasteiger partial charge in [-0.15, -0.1) is 24.0 Å². The number of nitrogens with one attached hydrogen (secondary N) is 1. The van der Waals surface area contributed by atoms with E-state index >= 15 is 0 Å². The van der Waals surface area contributed by atoms with Gasteiger partial charge in [-0.2, -0.15) is 0 Å². The third-order valence-electron chi connectivity index (χ3n) is 4.70. The number of nitrogens with zero attached hydrogens (tertiary/aromatic N) is 1. The first-order valence-electron chi connectivity index (χ1n) is 8.06.